The molecule has 7 nitrogen and oxygen atoms in total. The first-order valence-corrected chi connectivity index (χ1v) is 14.2. The second-order valence-corrected chi connectivity index (χ2v) is 11.7. The van der Waals surface area contributed by atoms with E-state index in [1.807, 2.05) is 50.2 Å². The third kappa shape index (κ3) is 5.45. The number of rotatable bonds is 3. The van der Waals surface area contributed by atoms with Gasteiger partial charge in [-0.3, -0.25) is 14.5 Å². The van der Waals surface area contributed by atoms with Crippen LogP contribution >= 0.6 is 0 Å². The normalized spacial score (nSPS) is 27.1. The van der Waals surface area contributed by atoms with E-state index < -0.39 is 11.1 Å². The molecule has 0 fully saturated rings. The van der Waals surface area contributed by atoms with Gasteiger partial charge >= 0.3 is 0 Å². The molecule has 6 rings (SSSR count). The fourth-order valence-electron chi connectivity index (χ4n) is 6.21. The van der Waals surface area contributed by atoms with Crippen LogP contribution in [0, 0.1) is 0 Å². The zero-order chi connectivity index (χ0) is 27.8. The molecule has 0 spiro atoms. The Bertz CT molecular complexity index is 1330. The van der Waals surface area contributed by atoms with E-state index in [2.05, 4.69) is 37.4 Å². The highest BCUT2D eigenvalue weighted by molar-refractivity contribution is 6.00. The summed E-state index contributed by atoms with van der Waals surface area (Å²) in [6.07, 6.45) is 9.05. The summed E-state index contributed by atoms with van der Waals surface area (Å²) in [5, 5.41) is 3.27. The standard InChI is InChI=1S/C32H40N4O3/c1-5-10-26-22-12-9-13-23(18-22)29(38)34-25-19-31(3,4)39-27-15-14-21(17-24(25)27)11-7-8-16-32(6-2)20-28(37)36(26)30(33)35-32/h7,9,11-15,17-18,25-26H,5-6,8,10,16,19-20H2,1-4H3,(H2,33,35)(H,34,38)/b11-7-/t25-,26+,32+/m0/s1. The Labute approximate surface area is 231 Å². The number of guanidine groups is 1. The summed E-state index contributed by atoms with van der Waals surface area (Å²) < 4.78 is 6.28. The van der Waals surface area contributed by atoms with Crippen molar-refractivity contribution in [1.29, 1.82) is 0 Å². The molecule has 6 bridgehead atoms. The number of ether oxygens (including phenoxy) is 1. The first-order valence-electron chi connectivity index (χ1n) is 14.2. The quantitative estimate of drug-likeness (QED) is 0.506. The summed E-state index contributed by atoms with van der Waals surface area (Å²) in [7, 11) is 0. The molecule has 3 atom stereocenters. The molecule has 0 aromatic heterocycles. The van der Waals surface area contributed by atoms with Gasteiger partial charge in [-0.1, -0.05) is 50.6 Å². The van der Waals surface area contributed by atoms with Crippen LogP contribution in [-0.2, 0) is 4.79 Å². The van der Waals surface area contributed by atoms with Gasteiger partial charge in [-0.05, 0) is 74.9 Å². The first kappa shape index (κ1) is 27.0. The molecule has 7 heteroatoms. The molecule has 2 aromatic carbocycles. The van der Waals surface area contributed by atoms with Gasteiger partial charge in [0.15, 0.2) is 5.96 Å². The Morgan fingerprint density at radius 3 is 2.72 bits per heavy atom. The third-order valence-electron chi connectivity index (χ3n) is 8.30. The number of allylic oxidation sites excluding steroid dienone is 1. The average Bonchev–Trinajstić information content (AvgIpc) is 2.89. The van der Waals surface area contributed by atoms with Crippen LogP contribution in [0.2, 0.25) is 0 Å². The van der Waals surface area contributed by atoms with Gasteiger partial charge in [0, 0.05) is 17.5 Å². The van der Waals surface area contributed by atoms with E-state index >= 15 is 0 Å². The zero-order valence-electron chi connectivity index (χ0n) is 23.5. The van der Waals surface area contributed by atoms with Crippen molar-refractivity contribution < 1.29 is 14.3 Å². The number of benzene rings is 2. The lowest BCUT2D eigenvalue weighted by atomic mass is 9.84. The molecular formula is C32H40N4O3. The van der Waals surface area contributed by atoms with Gasteiger partial charge in [-0.2, -0.15) is 0 Å². The zero-order valence-corrected chi connectivity index (χ0v) is 23.5. The van der Waals surface area contributed by atoms with Crippen molar-refractivity contribution >= 4 is 23.8 Å². The van der Waals surface area contributed by atoms with Crippen LogP contribution in [0.25, 0.3) is 6.08 Å². The highest BCUT2D eigenvalue weighted by atomic mass is 16.5. The Morgan fingerprint density at radius 2 is 1.97 bits per heavy atom. The molecule has 0 unspecified atom stereocenters. The largest absolute Gasteiger partial charge is 0.487 e. The Hall–Kier alpha value is -3.61. The minimum atomic E-state index is -0.508. The summed E-state index contributed by atoms with van der Waals surface area (Å²) in [5.74, 6) is 0.918. The third-order valence-corrected chi connectivity index (χ3v) is 8.30. The van der Waals surface area contributed by atoms with Crippen molar-refractivity contribution in [2.45, 2.75) is 95.9 Å². The van der Waals surface area contributed by atoms with E-state index in [9.17, 15) is 9.59 Å². The number of nitrogens with two attached hydrogens (primary N) is 1. The van der Waals surface area contributed by atoms with Gasteiger partial charge in [-0.25, -0.2) is 4.99 Å². The van der Waals surface area contributed by atoms with E-state index in [1.54, 1.807) is 4.90 Å². The van der Waals surface area contributed by atoms with Crippen LogP contribution < -0.4 is 15.8 Å². The lowest BCUT2D eigenvalue weighted by Crippen LogP contribution is -2.52. The minimum absolute atomic E-state index is 0.00702. The monoisotopic (exact) mass is 528 g/mol. The molecule has 4 aliphatic heterocycles. The molecule has 0 saturated carbocycles. The molecule has 206 valence electrons. The highest BCUT2D eigenvalue weighted by Crippen LogP contribution is 2.41. The smallest absolute Gasteiger partial charge is 0.251 e. The average molecular weight is 529 g/mol. The number of fused-ring (bicyclic) bond motifs is 4. The number of hydrogen-bond acceptors (Lipinski definition) is 5. The molecule has 0 saturated heterocycles. The molecular weight excluding hydrogens is 488 g/mol. The fraction of sp³-hybridized carbons (Fsp3) is 0.469. The number of nitrogens with one attached hydrogen (secondary N) is 1. The summed E-state index contributed by atoms with van der Waals surface area (Å²) in [4.78, 5) is 33.9. The van der Waals surface area contributed by atoms with Crippen molar-refractivity contribution in [3.05, 3.63) is 70.8 Å². The van der Waals surface area contributed by atoms with Crippen LogP contribution in [0.15, 0.2) is 53.5 Å². The van der Waals surface area contributed by atoms with Crippen molar-refractivity contribution in [3.63, 3.8) is 0 Å². The molecule has 3 N–H and O–H groups in total. The maximum absolute atomic E-state index is 13.6. The molecule has 0 radical (unpaired) electrons. The summed E-state index contributed by atoms with van der Waals surface area (Å²) in [6.45, 7) is 8.26. The van der Waals surface area contributed by atoms with Crippen LogP contribution in [0.1, 0.15) is 112 Å². The van der Waals surface area contributed by atoms with E-state index in [-0.39, 0.29) is 29.9 Å². The van der Waals surface area contributed by atoms with Gasteiger partial charge in [-0.15, -0.1) is 0 Å². The Kier molecular flexibility index (Phi) is 7.27. The predicted molar refractivity (Wildman–Crippen MR) is 154 cm³/mol. The van der Waals surface area contributed by atoms with Gasteiger partial charge in [0.25, 0.3) is 5.91 Å². The van der Waals surface area contributed by atoms with Crippen LogP contribution in [0.3, 0.4) is 0 Å². The maximum atomic E-state index is 13.6. The van der Waals surface area contributed by atoms with Gasteiger partial charge in [0.05, 0.1) is 24.0 Å². The van der Waals surface area contributed by atoms with Gasteiger partial charge in [0.1, 0.15) is 11.4 Å². The lowest BCUT2D eigenvalue weighted by molar-refractivity contribution is -0.131. The van der Waals surface area contributed by atoms with Crippen molar-refractivity contribution in [1.82, 2.24) is 10.2 Å². The van der Waals surface area contributed by atoms with E-state index in [0.717, 1.165) is 54.5 Å². The number of carbonyl (C=O) groups excluding carboxylic acids is 2. The Morgan fingerprint density at radius 1 is 1.15 bits per heavy atom. The molecule has 2 aromatic rings. The second-order valence-electron chi connectivity index (χ2n) is 11.7. The first-order chi connectivity index (χ1) is 18.6. The molecule has 4 heterocycles. The molecule has 0 aliphatic carbocycles. The number of hydrogen-bond donors (Lipinski definition) is 2. The van der Waals surface area contributed by atoms with Crippen LogP contribution in [0.4, 0.5) is 0 Å². The van der Waals surface area contributed by atoms with E-state index in [0.29, 0.717) is 18.4 Å². The fourth-order valence-corrected chi connectivity index (χ4v) is 6.21. The number of aliphatic imine (C=N–C) groups is 1. The lowest BCUT2D eigenvalue weighted by Gasteiger charge is -2.40. The predicted octanol–water partition coefficient (Wildman–Crippen LogP) is 6.06. The van der Waals surface area contributed by atoms with E-state index in [1.165, 1.54) is 0 Å². The molecule has 39 heavy (non-hydrogen) atoms. The van der Waals surface area contributed by atoms with Crippen LogP contribution in [-0.4, -0.2) is 33.8 Å². The summed E-state index contributed by atoms with van der Waals surface area (Å²) >= 11 is 0. The molecule has 4 aliphatic rings. The van der Waals surface area contributed by atoms with Crippen molar-refractivity contribution in [2.24, 2.45) is 10.7 Å². The van der Waals surface area contributed by atoms with Crippen molar-refractivity contribution in [3.8, 4) is 5.75 Å². The van der Waals surface area contributed by atoms with Crippen LogP contribution in [0.5, 0.6) is 5.75 Å². The summed E-state index contributed by atoms with van der Waals surface area (Å²) in [6, 6.07) is 13.2. The summed E-state index contributed by atoms with van der Waals surface area (Å²) in [5.41, 5.74) is 9.10. The molecule has 2 amide bonds. The number of carbonyl (C=O) groups is 2. The van der Waals surface area contributed by atoms with Gasteiger partial charge < -0.3 is 15.8 Å². The topological polar surface area (TPSA) is 97.0 Å². The number of amides is 2. The van der Waals surface area contributed by atoms with Gasteiger partial charge in [0.2, 0.25) is 5.91 Å². The minimum Gasteiger partial charge on any atom is -0.487 e. The second kappa shape index (κ2) is 10.5. The highest BCUT2D eigenvalue weighted by Gasteiger charge is 2.41. The Balaban J connectivity index is 1.61. The number of nitrogens with zero attached hydrogens (tertiary/aromatic N) is 2. The van der Waals surface area contributed by atoms with E-state index in [4.69, 9.17) is 15.5 Å². The maximum Gasteiger partial charge on any atom is 0.251 e. The SMILES string of the molecule is CCC[C@@H]1c2cccc(c2)C(=O)N[C@H]2CC(C)(C)Oc3ccc(cc32)/C=C\CC[C@]2(CC)CC(=O)N1C(N)=N2. The van der Waals surface area contributed by atoms with Crippen molar-refractivity contribution in [2.75, 3.05) is 0 Å².